The van der Waals surface area contributed by atoms with Gasteiger partial charge >= 0.3 is 0 Å². The van der Waals surface area contributed by atoms with Gasteiger partial charge in [-0.25, -0.2) is 4.39 Å². The van der Waals surface area contributed by atoms with Crippen LogP contribution in [0.5, 0.6) is 0 Å². The molecular weight excluding hydrogens is 391 g/mol. The molecule has 30 heavy (non-hydrogen) atoms. The third-order valence-corrected chi connectivity index (χ3v) is 5.17. The van der Waals surface area contributed by atoms with Gasteiger partial charge in [0.1, 0.15) is 5.82 Å². The topological polar surface area (TPSA) is 105 Å². The largest absolute Gasteiger partial charge is 0.349 e. The van der Waals surface area contributed by atoms with Gasteiger partial charge in [-0.05, 0) is 50.1 Å². The molecule has 2 aromatic rings. The molecule has 3 rings (SSSR count). The predicted octanol–water partition coefficient (Wildman–Crippen LogP) is 2.88. The summed E-state index contributed by atoms with van der Waals surface area (Å²) in [5.74, 6) is -0.877. The van der Waals surface area contributed by atoms with Crippen LogP contribution in [0.4, 0.5) is 15.8 Å². The van der Waals surface area contributed by atoms with Crippen molar-refractivity contribution in [1.29, 1.82) is 0 Å². The molecule has 0 radical (unpaired) electrons. The molecule has 1 heterocycles. The fourth-order valence-electron chi connectivity index (χ4n) is 3.45. The van der Waals surface area contributed by atoms with Gasteiger partial charge in [-0.1, -0.05) is 6.07 Å². The van der Waals surface area contributed by atoms with Gasteiger partial charge in [-0.3, -0.25) is 24.6 Å². The standard InChI is InChI=1S/C21H23FN4O4/c1-14-18(3-2-4-19(14)26(29)30)24-20(27)13-25-11-9-17(10-12-25)23-21(28)15-5-7-16(22)8-6-15/h2-8,17H,9-13H2,1H3,(H,23,28)(H,24,27). The molecule has 1 fully saturated rings. The molecule has 1 aliphatic heterocycles. The lowest BCUT2D eigenvalue weighted by Gasteiger charge is -2.31. The SMILES string of the molecule is Cc1c(NC(=O)CN2CCC(NC(=O)c3ccc(F)cc3)CC2)cccc1[N+](=O)[O-]. The number of carbonyl (C=O) groups excluding carboxylic acids is 2. The first-order valence-electron chi connectivity index (χ1n) is 9.66. The van der Waals surface area contributed by atoms with Crippen LogP contribution < -0.4 is 10.6 Å². The van der Waals surface area contributed by atoms with Crippen molar-refractivity contribution >= 4 is 23.2 Å². The Kier molecular flexibility index (Phi) is 6.73. The quantitative estimate of drug-likeness (QED) is 0.559. The maximum Gasteiger partial charge on any atom is 0.274 e. The van der Waals surface area contributed by atoms with Gasteiger partial charge in [0.2, 0.25) is 5.91 Å². The lowest BCUT2D eigenvalue weighted by molar-refractivity contribution is -0.385. The van der Waals surface area contributed by atoms with Crippen molar-refractivity contribution in [2.24, 2.45) is 0 Å². The van der Waals surface area contributed by atoms with E-state index in [0.29, 0.717) is 42.7 Å². The molecular formula is C21H23FN4O4. The van der Waals surface area contributed by atoms with E-state index in [1.165, 1.54) is 36.4 Å². The van der Waals surface area contributed by atoms with Crippen LogP contribution in [0, 0.1) is 22.9 Å². The van der Waals surface area contributed by atoms with Gasteiger partial charge < -0.3 is 10.6 Å². The Balaban J connectivity index is 1.47. The van der Waals surface area contributed by atoms with Crippen molar-refractivity contribution in [3.63, 3.8) is 0 Å². The van der Waals surface area contributed by atoms with E-state index in [1.807, 2.05) is 4.90 Å². The summed E-state index contributed by atoms with van der Waals surface area (Å²) in [6.07, 6.45) is 1.38. The zero-order valence-electron chi connectivity index (χ0n) is 16.6. The molecule has 2 aromatic carbocycles. The summed E-state index contributed by atoms with van der Waals surface area (Å²) < 4.78 is 13.0. The first-order chi connectivity index (χ1) is 14.3. The number of likely N-dealkylation sites (tertiary alicyclic amines) is 1. The third-order valence-electron chi connectivity index (χ3n) is 5.17. The van der Waals surface area contributed by atoms with Crippen LogP contribution >= 0.6 is 0 Å². The highest BCUT2D eigenvalue weighted by Gasteiger charge is 2.23. The van der Waals surface area contributed by atoms with E-state index >= 15 is 0 Å². The van der Waals surface area contributed by atoms with Crippen molar-refractivity contribution in [2.75, 3.05) is 25.0 Å². The molecule has 0 saturated carbocycles. The predicted molar refractivity (Wildman–Crippen MR) is 110 cm³/mol. The van der Waals surface area contributed by atoms with E-state index in [0.717, 1.165) is 0 Å². The normalized spacial score (nSPS) is 14.9. The molecule has 0 unspecified atom stereocenters. The molecule has 0 spiro atoms. The monoisotopic (exact) mass is 414 g/mol. The minimum absolute atomic E-state index is 0.0131. The minimum atomic E-state index is -0.476. The second-order valence-corrected chi connectivity index (χ2v) is 7.29. The number of benzene rings is 2. The average molecular weight is 414 g/mol. The van der Waals surface area contributed by atoms with Crippen molar-refractivity contribution < 1.29 is 18.9 Å². The highest BCUT2D eigenvalue weighted by Crippen LogP contribution is 2.25. The Morgan fingerprint density at radius 1 is 1.17 bits per heavy atom. The van der Waals surface area contributed by atoms with Crippen LogP contribution in [0.2, 0.25) is 0 Å². The van der Waals surface area contributed by atoms with E-state index < -0.39 is 10.7 Å². The average Bonchev–Trinajstić information content (AvgIpc) is 2.71. The summed E-state index contributed by atoms with van der Waals surface area (Å²) in [5, 5.41) is 16.7. The highest BCUT2D eigenvalue weighted by molar-refractivity contribution is 5.94. The zero-order valence-corrected chi connectivity index (χ0v) is 16.6. The fourth-order valence-corrected chi connectivity index (χ4v) is 3.45. The molecule has 0 aliphatic carbocycles. The Bertz CT molecular complexity index is 941. The molecule has 1 aliphatic rings. The Hall–Kier alpha value is -3.33. The molecule has 9 heteroatoms. The number of amides is 2. The number of nitrogens with zero attached hydrogens (tertiary/aromatic N) is 2. The summed E-state index contributed by atoms with van der Waals surface area (Å²) in [6.45, 7) is 3.04. The van der Waals surface area contributed by atoms with Gasteiger partial charge in [0.15, 0.2) is 0 Å². The van der Waals surface area contributed by atoms with E-state index in [-0.39, 0.29) is 30.1 Å². The molecule has 158 valence electrons. The molecule has 2 N–H and O–H groups in total. The van der Waals surface area contributed by atoms with Crippen LogP contribution in [-0.4, -0.2) is 47.3 Å². The van der Waals surface area contributed by atoms with Crippen LogP contribution in [0.25, 0.3) is 0 Å². The number of nitrogens with one attached hydrogen (secondary N) is 2. The van der Waals surface area contributed by atoms with Crippen molar-refractivity contribution in [3.8, 4) is 0 Å². The number of nitro benzene ring substituents is 1. The van der Waals surface area contributed by atoms with E-state index in [4.69, 9.17) is 0 Å². The lowest BCUT2D eigenvalue weighted by Crippen LogP contribution is -2.46. The first kappa shape index (κ1) is 21.4. The van der Waals surface area contributed by atoms with Crippen LogP contribution in [0.3, 0.4) is 0 Å². The number of halogens is 1. The summed E-state index contributed by atoms with van der Waals surface area (Å²) in [7, 11) is 0. The van der Waals surface area contributed by atoms with Gasteiger partial charge in [-0.15, -0.1) is 0 Å². The third kappa shape index (κ3) is 5.38. The highest BCUT2D eigenvalue weighted by atomic mass is 19.1. The number of rotatable bonds is 6. The van der Waals surface area contributed by atoms with Gasteiger partial charge in [0.05, 0.1) is 22.7 Å². The van der Waals surface area contributed by atoms with E-state index in [9.17, 15) is 24.1 Å². The van der Waals surface area contributed by atoms with Crippen molar-refractivity contribution in [3.05, 3.63) is 69.5 Å². The molecule has 8 nitrogen and oxygen atoms in total. The lowest BCUT2D eigenvalue weighted by atomic mass is 10.0. The van der Waals surface area contributed by atoms with Crippen molar-refractivity contribution in [1.82, 2.24) is 10.2 Å². The smallest absolute Gasteiger partial charge is 0.274 e. The van der Waals surface area contributed by atoms with Crippen LogP contribution in [-0.2, 0) is 4.79 Å². The second-order valence-electron chi connectivity index (χ2n) is 7.29. The molecule has 0 aromatic heterocycles. The fraction of sp³-hybridized carbons (Fsp3) is 0.333. The number of carbonyl (C=O) groups is 2. The number of nitro groups is 1. The van der Waals surface area contributed by atoms with Gasteiger partial charge in [0.25, 0.3) is 11.6 Å². The van der Waals surface area contributed by atoms with E-state index in [2.05, 4.69) is 10.6 Å². The summed E-state index contributed by atoms with van der Waals surface area (Å²) in [4.78, 5) is 37.1. The first-order valence-corrected chi connectivity index (χ1v) is 9.66. The summed E-state index contributed by atoms with van der Waals surface area (Å²) in [5.41, 5.74) is 1.21. The van der Waals surface area contributed by atoms with Gasteiger partial charge in [-0.2, -0.15) is 0 Å². The molecule has 2 amide bonds. The number of anilines is 1. The maximum absolute atomic E-state index is 13.0. The Morgan fingerprint density at radius 3 is 2.47 bits per heavy atom. The van der Waals surface area contributed by atoms with E-state index in [1.54, 1.807) is 13.0 Å². The minimum Gasteiger partial charge on any atom is -0.349 e. The summed E-state index contributed by atoms with van der Waals surface area (Å²) in [6, 6.07) is 9.95. The zero-order chi connectivity index (χ0) is 21.7. The Labute approximate surface area is 173 Å². The molecule has 1 saturated heterocycles. The van der Waals surface area contributed by atoms with Crippen molar-refractivity contribution in [2.45, 2.75) is 25.8 Å². The number of piperidine rings is 1. The number of hydrogen-bond donors (Lipinski definition) is 2. The maximum atomic E-state index is 13.0. The molecule has 0 bridgehead atoms. The second kappa shape index (κ2) is 9.45. The molecule has 0 atom stereocenters. The number of hydrogen-bond acceptors (Lipinski definition) is 5. The van der Waals surface area contributed by atoms with Gasteiger partial charge in [0, 0.05) is 30.8 Å². The van der Waals surface area contributed by atoms with Crippen LogP contribution in [0.15, 0.2) is 42.5 Å². The Morgan fingerprint density at radius 2 is 1.83 bits per heavy atom. The van der Waals surface area contributed by atoms with Crippen LogP contribution in [0.1, 0.15) is 28.8 Å². The summed E-state index contributed by atoms with van der Waals surface area (Å²) >= 11 is 0.